The topological polar surface area (TPSA) is 79.0 Å². The first-order chi connectivity index (χ1) is 18.8. The van der Waals surface area contributed by atoms with Gasteiger partial charge in [-0.3, -0.25) is 19.6 Å². The quantitative estimate of drug-likeness (QED) is 0.262. The SMILES string of the molecule is Cc1cc(-c2[nH]c3ccc(C4CCN(C(=O)C(=O)CCCc5ccncc5)CC4)cc3c2C(C)C)cc(C)n1. The Morgan fingerprint density at radius 3 is 2.36 bits per heavy atom. The molecule has 1 N–H and O–H groups in total. The van der Waals surface area contributed by atoms with Crippen LogP contribution in [0.3, 0.4) is 0 Å². The van der Waals surface area contributed by atoms with Crippen LogP contribution in [0.1, 0.15) is 79.4 Å². The molecule has 1 amide bonds. The number of Topliss-reactive ketones (excluding diaryl/α,β-unsaturated/α-hetero) is 1. The molecule has 4 aromatic rings. The average Bonchev–Trinajstić information content (AvgIpc) is 3.32. The Morgan fingerprint density at radius 1 is 1.00 bits per heavy atom. The van der Waals surface area contributed by atoms with Gasteiger partial charge in [-0.15, -0.1) is 0 Å². The third kappa shape index (κ3) is 5.95. The molecule has 6 nitrogen and oxygen atoms in total. The number of hydrogen-bond acceptors (Lipinski definition) is 4. The maximum Gasteiger partial charge on any atom is 0.289 e. The summed E-state index contributed by atoms with van der Waals surface area (Å²) in [4.78, 5) is 39.4. The molecule has 0 aliphatic carbocycles. The second kappa shape index (κ2) is 11.5. The lowest BCUT2D eigenvalue weighted by molar-refractivity contribution is -0.145. The number of fused-ring (bicyclic) bond motifs is 1. The second-order valence-electron chi connectivity index (χ2n) is 11.2. The van der Waals surface area contributed by atoms with Gasteiger partial charge in [-0.1, -0.05) is 19.9 Å². The molecule has 1 fully saturated rings. The summed E-state index contributed by atoms with van der Waals surface area (Å²) in [5, 5.41) is 1.27. The van der Waals surface area contributed by atoms with E-state index in [9.17, 15) is 9.59 Å². The number of nitrogens with zero attached hydrogens (tertiary/aromatic N) is 3. The number of nitrogens with one attached hydrogen (secondary N) is 1. The highest BCUT2D eigenvalue weighted by atomic mass is 16.2. The summed E-state index contributed by atoms with van der Waals surface area (Å²) in [6.07, 6.45) is 7.02. The van der Waals surface area contributed by atoms with Crippen LogP contribution in [0, 0.1) is 13.8 Å². The summed E-state index contributed by atoms with van der Waals surface area (Å²) in [5.41, 5.74) is 9.33. The van der Waals surface area contributed by atoms with E-state index in [-0.39, 0.29) is 11.7 Å². The van der Waals surface area contributed by atoms with Crippen molar-refractivity contribution in [2.75, 3.05) is 13.1 Å². The number of likely N-dealkylation sites (tertiary alicyclic amines) is 1. The van der Waals surface area contributed by atoms with Crippen LogP contribution < -0.4 is 0 Å². The van der Waals surface area contributed by atoms with Crippen LogP contribution in [0.25, 0.3) is 22.2 Å². The largest absolute Gasteiger partial charge is 0.354 e. The normalized spacial score (nSPS) is 14.3. The lowest BCUT2D eigenvalue weighted by Gasteiger charge is -2.32. The van der Waals surface area contributed by atoms with Crippen LogP contribution in [0.5, 0.6) is 0 Å². The molecule has 0 spiro atoms. The van der Waals surface area contributed by atoms with Crippen molar-refractivity contribution in [2.45, 2.75) is 71.6 Å². The molecular formula is C33H38N4O2. The van der Waals surface area contributed by atoms with Gasteiger partial charge in [-0.2, -0.15) is 0 Å². The highest BCUT2D eigenvalue weighted by Crippen LogP contribution is 2.38. The molecule has 1 saturated heterocycles. The minimum absolute atomic E-state index is 0.271. The molecule has 1 aliphatic heterocycles. The van der Waals surface area contributed by atoms with E-state index in [2.05, 4.69) is 59.1 Å². The van der Waals surface area contributed by atoms with E-state index in [0.717, 1.165) is 41.7 Å². The first kappa shape index (κ1) is 26.8. The number of aromatic amines is 1. The number of ketones is 1. The first-order valence-electron chi connectivity index (χ1n) is 14.1. The second-order valence-corrected chi connectivity index (χ2v) is 11.2. The maximum absolute atomic E-state index is 12.8. The number of benzene rings is 1. The number of rotatable bonds is 8. The van der Waals surface area contributed by atoms with Crippen molar-refractivity contribution in [1.29, 1.82) is 0 Å². The molecule has 0 bridgehead atoms. The van der Waals surface area contributed by atoms with Crippen LogP contribution in [0.4, 0.5) is 0 Å². The van der Waals surface area contributed by atoms with Crippen LogP contribution in [-0.4, -0.2) is 44.6 Å². The smallest absolute Gasteiger partial charge is 0.289 e. The van der Waals surface area contributed by atoms with Crippen molar-refractivity contribution in [3.63, 3.8) is 0 Å². The van der Waals surface area contributed by atoms with Crippen molar-refractivity contribution in [3.8, 4) is 11.3 Å². The highest BCUT2D eigenvalue weighted by Gasteiger charge is 2.28. The van der Waals surface area contributed by atoms with Gasteiger partial charge in [0.1, 0.15) is 0 Å². The van der Waals surface area contributed by atoms with E-state index in [0.29, 0.717) is 37.8 Å². The van der Waals surface area contributed by atoms with Gasteiger partial charge in [0.25, 0.3) is 5.91 Å². The van der Waals surface area contributed by atoms with Crippen LogP contribution >= 0.6 is 0 Å². The summed E-state index contributed by atoms with van der Waals surface area (Å²) in [6, 6.07) is 15.0. The predicted octanol–water partition coefficient (Wildman–Crippen LogP) is 6.66. The lowest BCUT2D eigenvalue weighted by atomic mass is 9.87. The van der Waals surface area contributed by atoms with E-state index < -0.39 is 0 Å². The van der Waals surface area contributed by atoms with Gasteiger partial charge in [0.15, 0.2) is 0 Å². The number of H-pyrrole nitrogens is 1. The molecule has 202 valence electrons. The van der Waals surface area contributed by atoms with Crippen LogP contribution in [0.2, 0.25) is 0 Å². The van der Waals surface area contributed by atoms with Gasteiger partial charge in [-0.25, -0.2) is 0 Å². The van der Waals surface area contributed by atoms with E-state index in [1.54, 1.807) is 17.3 Å². The molecule has 1 aromatic carbocycles. The Morgan fingerprint density at radius 2 is 1.69 bits per heavy atom. The molecule has 5 rings (SSSR count). The Hall–Kier alpha value is -3.80. The van der Waals surface area contributed by atoms with Crippen molar-refractivity contribution in [1.82, 2.24) is 19.9 Å². The third-order valence-corrected chi connectivity index (χ3v) is 7.92. The van der Waals surface area contributed by atoms with Gasteiger partial charge in [0.2, 0.25) is 5.78 Å². The van der Waals surface area contributed by atoms with Crippen molar-refractivity contribution < 1.29 is 9.59 Å². The zero-order chi connectivity index (χ0) is 27.5. The van der Waals surface area contributed by atoms with E-state index in [1.807, 2.05) is 26.0 Å². The summed E-state index contributed by atoms with van der Waals surface area (Å²) < 4.78 is 0. The Kier molecular flexibility index (Phi) is 7.92. The van der Waals surface area contributed by atoms with E-state index in [4.69, 9.17) is 0 Å². The number of hydrogen-bond donors (Lipinski definition) is 1. The standard InChI is InChI=1S/C33H38N4O2/c1-21(2)31-28-20-26(8-9-29(28)36-32(31)27-18-22(3)35-23(4)19-27)25-12-16-37(17-13-25)33(39)30(38)7-5-6-24-10-14-34-15-11-24/h8-11,14-15,18-21,25,36H,5-7,12-13,16-17H2,1-4H3. The number of pyridine rings is 2. The summed E-state index contributed by atoms with van der Waals surface area (Å²) in [7, 11) is 0. The summed E-state index contributed by atoms with van der Waals surface area (Å²) >= 11 is 0. The van der Waals surface area contributed by atoms with Crippen molar-refractivity contribution >= 4 is 22.6 Å². The summed E-state index contributed by atoms with van der Waals surface area (Å²) in [6.45, 7) is 9.83. The molecule has 0 atom stereocenters. The fourth-order valence-corrected chi connectivity index (χ4v) is 5.99. The zero-order valence-corrected chi connectivity index (χ0v) is 23.5. The molecule has 0 radical (unpaired) electrons. The first-order valence-corrected chi connectivity index (χ1v) is 14.1. The predicted molar refractivity (Wildman–Crippen MR) is 156 cm³/mol. The molecule has 0 saturated carbocycles. The van der Waals surface area contributed by atoms with Crippen molar-refractivity contribution in [2.24, 2.45) is 0 Å². The Bertz CT molecular complexity index is 1460. The number of piperidine rings is 1. The van der Waals surface area contributed by atoms with Gasteiger partial charge in [0.05, 0.1) is 5.69 Å². The van der Waals surface area contributed by atoms with Gasteiger partial charge >= 0.3 is 0 Å². The average molecular weight is 523 g/mol. The Labute approximate surface area is 230 Å². The monoisotopic (exact) mass is 522 g/mol. The number of aromatic nitrogens is 3. The number of carbonyl (C=O) groups is 2. The van der Waals surface area contributed by atoms with E-state index in [1.165, 1.54) is 27.8 Å². The van der Waals surface area contributed by atoms with Crippen molar-refractivity contribution in [3.05, 3.63) is 82.9 Å². The fourth-order valence-electron chi connectivity index (χ4n) is 5.99. The minimum atomic E-state index is -0.320. The molecule has 6 heteroatoms. The van der Waals surface area contributed by atoms with Crippen LogP contribution in [0.15, 0.2) is 54.9 Å². The van der Waals surface area contributed by atoms with Crippen LogP contribution in [-0.2, 0) is 16.0 Å². The van der Waals surface area contributed by atoms with Gasteiger partial charge < -0.3 is 9.88 Å². The molecule has 39 heavy (non-hydrogen) atoms. The third-order valence-electron chi connectivity index (χ3n) is 7.92. The Balaban J connectivity index is 1.26. The van der Waals surface area contributed by atoms with Gasteiger partial charge in [0, 0.05) is 59.8 Å². The van der Waals surface area contributed by atoms with Gasteiger partial charge in [-0.05, 0) is 104 Å². The molecule has 4 heterocycles. The summed E-state index contributed by atoms with van der Waals surface area (Å²) in [5.74, 6) is 0.150. The number of amides is 1. The molecule has 0 unspecified atom stereocenters. The molecule has 3 aromatic heterocycles. The minimum Gasteiger partial charge on any atom is -0.354 e. The number of carbonyl (C=O) groups excluding carboxylic acids is 2. The zero-order valence-electron chi connectivity index (χ0n) is 23.5. The molecule has 1 aliphatic rings. The fraction of sp³-hybridized carbons (Fsp3) is 0.394. The van der Waals surface area contributed by atoms with E-state index >= 15 is 0 Å². The molecular weight excluding hydrogens is 484 g/mol. The lowest BCUT2D eigenvalue weighted by Crippen LogP contribution is -2.41. The number of aryl methyl sites for hydroxylation is 3. The maximum atomic E-state index is 12.8. The highest BCUT2D eigenvalue weighted by molar-refractivity contribution is 6.36.